The fraction of sp³-hybridized carbons (Fsp3) is 0.455. The van der Waals surface area contributed by atoms with Gasteiger partial charge in [-0.05, 0) is 46.9 Å². The van der Waals surface area contributed by atoms with Gasteiger partial charge >= 0.3 is 0 Å². The van der Waals surface area contributed by atoms with Crippen LogP contribution >= 0.6 is 22.6 Å². The van der Waals surface area contributed by atoms with E-state index in [-0.39, 0.29) is 0 Å². The molecule has 15 heavy (non-hydrogen) atoms. The van der Waals surface area contributed by atoms with E-state index < -0.39 is 0 Å². The maximum absolute atomic E-state index is 5.53. The molecule has 0 atom stereocenters. The van der Waals surface area contributed by atoms with Gasteiger partial charge in [0, 0.05) is 23.8 Å². The molecule has 0 aliphatic rings. The van der Waals surface area contributed by atoms with Crippen molar-refractivity contribution in [3.63, 3.8) is 0 Å². The first-order valence-corrected chi connectivity index (χ1v) is 5.99. The van der Waals surface area contributed by atoms with Crippen LogP contribution < -0.4 is 10.1 Å². The van der Waals surface area contributed by atoms with Crippen molar-refractivity contribution in [1.82, 2.24) is 5.32 Å². The van der Waals surface area contributed by atoms with Crippen molar-refractivity contribution in [2.75, 3.05) is 33.4 Å². The number of hydrogen-bond acceptors (Lipinski definition) is 3. The van der Waals surface area contributed by atoms with E-state index in [0.29, 0.717) is 6.61 Å². The van der Waals surface area contributed by atoms with Gasteiger partial charge in [0.1, 0.15) is 12.4 Å². The van der Waals surface area contributed by atoms with Gasteiger partial charge in [-0.1, -0.05) is 0 Å². The summed E-state index contributed by atoms with van der Waals surface area (Å²) in [4.78, 5) is 0. The molecule has 84 valence electrons. The topological polar surface area (TPSA) is 30.5 Å². The normalized spacial score (nSPS) is 10.3. The molecule has 4 heteroatoms. The Morgan fingerprint density at radius 1 is 1.13 bits per heavy atom. The zero-order valence-electron chi connectivity index (χ0n) is 8.83. The van der Waals surface area contributed by atoms with Gasteiger partial charge in [-0.3, -0.25) is 0 Å². The number of benzene rings is 1. The molecule has 0 unspecified atom stereocenters. The Hall–Kier alpha value is -0.330. The van der Waals surface area contributed by atoms with Gasteiger partial charge in [0.15, 0.2) is 0 Å². The number of methoxy groups -OCH3 is 1. The van der Waals surface area contributed by atoms with Gasteiger partial charge in [-0.15, -0.1) is 0 Å². The molecule has 0 saturated heterocycles. The summed E-state index contributed by atoms with van der Waals surface area (Å²) in [6, 6.07) is 8.04. The molecule has 0 spiro atoms. The molecule has 0 bridgehead atoms. The third-order valence-electron chi connectivity index (χ3n) is 1.84. The lowest BCUT2D eigenvalue weighted by atomic mass is 10.3. The monoisotopic (exact) mass is 321 g/mol. The van der Waals surface area contributed by atoms with Crippen LogP contribution in [0, 0.1) is 3.57 Å². The standard InChI is InChI=1S/C11H16INO2/c1-14-8-6-13-7-9-15-11-4-2-10(12)3-5-11/h2-5,13H,6-9H2,1H3. The Bertz CT molecular complexity index is 264. The average molecular weight is 321 g/mol. The van der Waals surface area contributed by atoms with Gasteiger partial charge in [0.05, 0.1) is 6.61 Å². The second kappa shape index (κ2) is 7.90. The third-order valence-corrected chi connectivity index (χ3v) is 2.56. The maximum Gasteiger partial charge on any atom is 0.119 e. The molecule has 0 fully saturated rings. The summed E-state index contributed by atoms with van der Waals surface area (Å²) in [6.45, 7) is 3.13. The first kappa shape index (κ1) is 12.7. The van der Waals surface area contributed by atoms with Crippen molar-refractivity contribution in [2.45, 2.75) is 0 Å². The van der Waals surface area contributed by atoms with Gasteiger partial charge in [0.25, 0.3) is 0 Å². The van der Waals surface area contributed by atoms with E-state index in [2.05, 4.69) is 27.9 Å². The maximum atomic E-state index is 5.53. The van der Waals surface area contributed by atoms with Crippen LogP contribution in [0.2, 0.25) is 0 Å². The highest BCUT2D eigenvalue weighted by Gasteiger charge is 1.93. The quantitative estimate of drug-likeness (QED) is 0.615. The Morgan fingerprint density at radius 3 is 2.47 bits per heavy atom. The summed E-state index contributed by atoms with van der Waals surface area (Å²) in [5.74, 6) is 0.920. The summed E-state index contributed by atoms with van der Waals surface area (Å²) in [5, 5.41) is 3.22. The molecule has 1 aromatic rings. The molecular weight excluding hydrogens is 305 g/mol. The van der Waals surface area contributed by atoms with Crippen molar-refractivity contribution >= 4 is 22.6 Å². The van der Waals surface area contributed by atoms with Crippen molar-refractivity contribution in [3.8, 4) is 5.75 Å². The lowest BCUT2D eigenvalue weighted by Crippen LogP contribution is -2.24. The van der Waals surface area contributed by atoms with Crippen LogP contribution in [0.3, 0.4) is 0 Å². The van der Waals surface area contributed by atoms with Gasteiger partial charge in [-0.25, -0.2) is 0 Å². The third kappa shape index (κ3) is 5.96. The molecule has 0 amide bonds. The van der Waals surface area contributed by atoms with Gasteiger partial charge in [0.2, 0.25) is 0 Å². The van der Waals surface area contributed by atoms with Gasteiger partial charge in [-0.2, -0.15) is 0 Å². The summed E-state index contributed by atoms with van der Waals surface area (Å²) in [6.07, 6.45) is 0. The molecule has 0 radical (unpaired) electrons. The number of nitrogens with one attached hydrogen (secondary N) is 1. The first-order chi connectivity index (χ1) is 7.33. The highest BCUT2D eigenvalue weighted by atomic mass is 127. The Morgan fingerprint density at radius 2 is 1.80 bits per heavy atom. The molecule has 1 rings (SSSR count). The summed E-state index contributed by atoms with van der Waals surface area (Å²) in [7, 11) is 1.70. The minimum absolute atomic E-state index is 0.685. The van der Waals surface area contributed by atoms with E-state index >= 15 is 0 Å². The van der Waals surface area contributed by atoms with Crippen LogP contribution in [0.4, 0.5) is 0 Å². The minimum atomic E-state index is 0.685. The van der Waals surface area contributed by atoms with Crippen LogP contribution in [0.1, 0.15) is 0 Å². The molecule has 0 aromatic heterocycles. The molecule has 1 aromatic carbocycles. The Kier molecular flexibility index (Phi) is 6.71. The van der Waals surface area contributed by atoms with E-state index in [1.165, 1.54) is 3.57 Å². The van der Waals surface area contributed by atoms with E-state index in [9.17, 15) is 0 Å². The van der Waals surface area contributed by atoms with Crippen LogP contribution in [0.15, 0.2) is 24.3 Å². The zero-order chi connectivity index (χ0) is 10.9. The predicted molar refractivity (Wildman–Crippen MR) is 69.4 cm³/mol. The highest BCUT2D eigenvalue weighted by Crippen LogP contribution is 2.12. The van der Waals surface area contributed by atoms with E-state index in [1.807, 2.05) is 24.3 Å². The predicted octanol–water partition coefficient (Wildman–Crippen LogP) is 1.91. The summed E-state index contributed by atoms with van der Waals surface area (Å²) >= 11 is 2.27. The number of hydrogen-bond donors (Lipinski definition) is 1. The molecule has 3 nitrogen and oxygen atoms in total. The van der Waals surface area contributed by atoms with E-state index in [4.69, 9.17) is 9.47 Å². The number of ether oxygens (including phenoxy) is 2. The van der Waals surface area contributed by atoms with Crippen molar-refractivity contribution in [2.24, 2.45) is 0 Å². The molecule has 0 aliphatic heterocycles. The minimum Gasteiger partial charge on any atom is -0.492 e. The number of rotatable bonds is 7. The fourth-order valence-corrected chi connectivity index (χ4v) is 1.43. The largest absolute Gasteiger partial charge is 0.492 e. The Labute approximate surface area is 104 Å². The molecule has 0 heterocycles. The van der Waals surface area contributed by atoms with E-state index in [0.717, 1.165) is 25.4 Å². The lowest BCUT2D eigenvalue weighted by Gasteiger charge is -2.07. The number of halogens is 1. The highest BCUT2D eigenvalue weighted by molar-refractivity contribution is 14.1. The van der Waals surface area contributed by atoms with Crippen LogP contribution in [0.25, 0.3) is 0 Å². The smallest absolute Gasteiger partial charge is 0.119 e. The van der Waals surface area contributed by atoms with Crippen molar-refractivity contribution in [3.05, 3.63) is 27.8 Å². The molecular formula is C11H16INO2. The SMILES string of the molecule is COCCNCCOc1ccc(I)cc1. The van der Waals surface area contributed by atoms with Crippen molar-refractivity contribution < 1.29 is 9.47 Å². The average Bonchev–Trinajstić information content (AvgIpc) is 2.26. The summed E-state index contributed by atoms with van der Waals surface area (Å²) < 4.78 is 11.7. The van der Waals surface area contributed by atoms with E-state index in [1.54, 1.807) is 7.11 Å². The zero-order valence-corrected chi connectivity index (χ0v) is 11.0. The van der Waals surface area contributed by atoms with Crippen LogP contribution in [0.5, 0.6) is 5.75 Å². The Balaban J connectivity index is 2.07. The van der Waals surface area contributed by atoms with Crippen LogP contribution in [-0.2, 0) is 4.74 Å². The fourth-order valence-electron chi connectivity index (χ4n) is 1.07. The second-order valence-corrected chi connectivity index (χ2v) is 4.29. The molecule has 0 saturated carbocycles. The van der Waals surface area contributed by atoms with Crippen molar-refractivity contribution in [1.29, 1.82) is 0 Å². The summed E-state index contributed by atoms with van der Waals surface area (Å²) in [5.41, 5.74) is 0. The first-order valence-electron chi connectivity index (χ1n) is 4.91. The lowest BCUT2D eigenvalue weighted by molar-refractivity contribution is 0.197. The molecule has 0 aliphatic carbocycles. The molecule has 1 N–H and O–H groups in total. The van der Waals surface area contributed by atoms with Gasteiger partial charge < -0.3 is 14.8 Å². The second-order valence-electron chi connectivity index (χ2n) is 3.05. The van der Waals surface area contributed by atoms with Crippen LogP contribution in [-0.4, -0.2) is 33.4 Å².